The first-order chi connectivity index (χ1) is 29.3. The molecule has 4 aromatic heterocycles. The maximum Gasteiger partial charge on any atom is 2.00 e. The Balaban J connectivity index is 0.000000482. The standard InChI is InChI=1S/C36H48N4.4C4H8O.2Li.Ni/c1-9-33(10-2)25-17-19-27(37-25)34(11-3,12-4)29-21-23-31(39-29)36(15-7,16-8)32-24-22-30(40-32)35(13-5,14-6)28-20-18-26(33)38-28;4*1-2-4-5-3-1;;;/h17-24H,9-16H2,1-8H3;4*1-4H2;;;/q-4;;;;;2*+1;+2. The van der Waals surface area contributed by atoms with Crippen molar-refractivity contribution in [1.29, 1.82) is 0 Å². The molecule has 8 nitrogen and oxygen atoms in total. The Hall–Kier alpha value is -1.35. The van der Waals surface area contributed by atoms with Gasteiger partial charge >= 0.3 is 54.2 Å². The number of rotatable bonds is 8. The summed E-state index contributed by atoms with van der Waals surface area (Å²) in [7, 11) is 0. The van der Waals surface area contributed by atoms with Gasteiger partial charge in [-0.2, -0.15) is 45.6 Å². The van der Waals surface area contributed by atoms with Crippen LogP contribution in [0.2, 0.25) is 0 Å². The normalized spacial score (nSPS) is 19.4. The summed E-state index contributed by atoms with van der Waals surface area (Å²) in [6, 6.07) is 18.2. The molecule has 5 aliphatic rings. The summed E-state index contributed by atoms with van der Waals surface area (Å²) in [6.45, 7) is 26.3. The van der Waals surface area contributed by atoms with E-state index in [9.17, 15) is 0 Å². The summed E-state index contributed by atoms with van der Waals surface area (Å²) in [5, 5.41) is 0. The van der Waals surface area contributed by atoms with Gasteiger partial charge in [-0.3, -0.25) is 0 Å². The van der Waals surface area contributed by atoms with Crippen LogP contribution in [-0.4, -0.2) is 52.9 Å². The monoisotopic (exact) mass is 897 g/mol. The molecule has 0 aromatic carbocycles. The summed E-state index contributed by atoms with van der Waals surface area (Å²) in [5.41, 5.74) is 8.28. The zero-order chi connectivity index (χ0) is 42.9. The van der Waals surface area contributed by atoms with Crippen molar-refractivity contribution in [2.45, 2.75) is 180 Å². The molecule has 4 aromatic rings. The van der Waals surface area contributed by atoms with E-state index >= 15 is 0 Å². The van der Waals surface area contributed by atoms with Gasteiger partial charge in [0.2, 0.25) is 0 Å². The Morgan fingerprint density at radius 2 is 0.429 bits per heavy atom. The second kappa shape index (κ2) is 28.7. The summed E-state index contributed by atoms with van der Waals surface area (Å²) < 4.78 is 19.8. The van der Waals surface area contributed by atoms with E-state index in [1.54, 1.807) is 0 Å². The Bertz CT molecular complexity index is 1400. The van der Waals surface area contributed by atoms with Gasteiger partial charge in [0.1, 0.15) is 0 Å². The zero-order valence-electron chi connectivity index (χ0n) is 41.3. The fourth-order valence-corrected chi connectivity index (χ4v) is 10.0. The molecule has 0 N–H and O–H groups in total. The molecule has 0 unspecified atom stereocenters. The number of aromatic nitrogens is 4. The van der Waals surface area contributed by atoms with Crippen LogP contribution in [0.3, 0.4) is 0 Å². The molecule has 0 radical (unpaired) electrons. The number of nitrogens with zero attached hydrogens (tertiary/aromatic N) is 4. The van der Waals surface area contributed by atoms with Crippen LogP contribution in [0.5, 0.6) is 0 Å². The van der Waals surface area contributed by atoms with E-state index < -0.39 is 0 Å². The van der Waals surface area contributed by atoms with Crippen molar-refractivity contribution in [3.63, 3.8) is 0 Å². The summed E-state index contributed by atoms with van der Waals surface area (Å²) in [6.07, 6.45) is 17.9. The van der Waals surface area contributed by atoms with Gasteiger partial charge in [-0.25, -0.2) is 0 Å². The van der Waals surface area contributed by atoms with Crippen LogP contribution in [0.1, 0.15) is 204 Å². The molecule has 63 heavy (non-hydrogen) atoms. The molecule has 4 saturated heterocycles. The second-order valence-electron chi connectivity index (χ2n) is 17.3. The Labute approximate surface area is 417 Å². The van der Waals surface area contributed by atoms with E-state index in [0.717, 1.165) is 150 Å². The van der Waals surface area contributed by atoms with Crippen molar-refractivity contribution in [2.24, 2.45) is 0 Å². The SMILES string of the molecule is C1CCOC1.C1CCOC1.C1CCOC1.C1CCOC1.CCC1(CC)c2ccc([n-]2)C(CC)(CC)c2ccc([n-]2)C(CC)(CC)c2ccc([n-]2)C(CC)(CC)c2ccc1[n-]2.[Li+].[Li+].[Ni+2]. The summed E-state index contributed by atoms with van der Waals surface area (Å²) in [4.78, 5) is 21.9. The molecule has 9 heterocycles. The zero-order valence-corrected chi connectivity index (χ0v) is 42.3. The third-order valence-corrected chi connectivity index (χ3v) is 14.6. The van der Waals surface area contributed by atoms with Crippen molar-refractivity contribution < 1.29 is 73.2 Å². The smallest absolute Gasteiger partial charge is 0.663 e. The topological polar surface area (TPSA) is 93.3 Å². The molecule has 0 aliphatic carbocycles. The van der Waals surface area contributed by atoms with E-state index in [1.165, 1.54) is 51.4 Å². The van der Waals surface area contributed by atoms with Crippen LogP contribution >= 0.6 is 0 Å². The van der Waals surface area contributed by atoms with Crippen LogP contribution < -0.4 is 57.7 Å². The third-order valence-electron chi connectivity index (χ3n) is 14.6. The predicted molar refractivity (Wildman–Crippen MR) is 245 cm³/mol. The van der Waals surface area contributed by atoms with Gasteiger partial charge in [-0.15, -0.1) is 0 Å². The van der Waals surface area contributed by atoms with Gasteiger partial charge in [0.25, 0.3) is 0 Å². The molecule has 0 atom stereocenters. The van der Waals surface area contributed by atoms with Gasteiger partial charge < -0.3 is 38.9 Å². The van der Waals surface area contributed by atoms with Crippen LogP contribution in [-0.2, 0) is 57.1 Å². The van der Waals surface area contributed by atoms with Crippen LogP contribution in [0.4, 0.5) is 0 Å². The van der Waals surface area contributed by atoms with Crippen LogP contribution in [0.25, 0.3) is 0 Å². The molecule has 0 saturated carbocycles. The van der Waals surface area contributed by atoms with Gasteiger partial charge in [0.15, 0.2) is 0 Å². The second-order valence-corrected chi connectivity index (χ2v) is 17.3. The Morgan fingerprint density at radius 3 is 0.508 bits per heavy atom. The first-order valence-electron chi connectivity index (χ1n) is 24.2. The van der Waals surface area contributed by atoms with E-state index in [0.29, 0.717) is 0 Å². The van der Waals surface area contributed by atoms with Crippen molar-refractivity contribution in [2.75, 3.05) is 52.9 Å². The van der Waals surface area contributed by atoms with Gasteiger partial charge in [0, 0.05) is 52.9 Å². The average Bonchev–Trinajstić information content (AvgIpc) is 4.15. The molecule has 5 aliphatic heterocycles. The minimum Gasteiger partial charge on any atom is -0.663 e. The largest absolute Gasteiger partial charge is 2.00 e. The summed E-state index contributed by atoms with van der Waals surface area (Å²) in [5.74, 6) is 0. The van der Waals surface area contributed by atoms with E-state index in [1.807, 2.05) is 0 Å². The van der Waals surface area contributed by atoms with Crippen molar-refractivity contribution in [3.8, 4) is 0 Å². The first kappa shape index (κ1) is 57.8. The van der Waals surface area contributed by atoms with Crippen LogP contribution in [0.15, 0.2) is 48.5 Å². The minimum atomic E-state index is -0.219. The predicted octanol–water partition coefficient (Wildman–Crippen LogP) is 5.45. The van der Waals surface area contributed by atoms with Gasteiger partial charge in [-0.05, 0) is 124 Å². The van der Waals surface area contributed by atoms with Crippen molar-refractivity contribution >= 4 is 0 Å². The molecule has 4 fully saturated rings. The molecular weight excluding hydrogens is 817 g/mol. The minimum absolute atomic E-state index is 0. The average molecular weight is 898 g/mol. The molecule has 11 heteroatoms. The van der Waals surface area contributed by atoms with Gasteiger partial charge in [0.05, 0.1) is 0 Å². The molecule has 9 rings (SSSR count). The number of ether oxygens (including phenoxy) is 4. The van der Waals surface area contributed by atoms with E-state index in [-0.39, 0.29) is 75.9 Å². The fourth-order valence-electron chi connectivity index (χ4n) is 10.0. The first-order valence-corrected chi connectivity index (χ1v) is 24.2. The maximum absolute atomic E-state index is 5.47. The molecular formula is C52H80Li2N4NiO4. The van der Waals surface area contributed by atoms with Gasteiger partial charge in [-0.1, -0.05) is 104 Å². The molecule has 0 spiro atoms. The summed E-state index contributed by atoms with van der Waals surface area (Å²) >= 11 is 0. The number of hydrogen-bond donors (Lipinski definition) is 0. The Kier molecular flexibility index (Phi) is 26.4. The van der Waals surface area contributed by atoms with Crippen molar-refractivity contribution in [3.05, 3.63) is 94.1 Å². The maximum atomic E-state index is 5.47. The molecule has 0 amide bonds. The fraction of sp³-hybridized carbons (Fsp3) is 0.692. The third kappa shape index (κ3) is 13.0. The van der Waals surface area contributed by atoms with E-state index in [2.05, 4.69) is 104 Å². The molecule has 8 bridgehead atoms. The Morgan fingerprint density at radius 1 is 0.302 bits per heavy atom. The number of hydrogen-bond acceptors (Lipinski definition) is 4. The number of fused-ring (bicyclic) bond motifs is 8. The van der Waals surface area contributed by atoms with E-state index in [4.69, 9.17) is 38.9 Å². The quantitative estimate of drug-likeness (QED) is 0.216. The van der Waals surface area contributed by atoms with Crippen LogP contribution in [0, 0.1) is 0 Å². The molecule has 344 valence electrons. The van der Waals surface area contributed by atoms with Crippen molar-refractivity contribution in [1.82, 2.24) is 19.9 Å².